The summed E-state index contributed by atoms with van der Waals surface area (Å²) in [5.74, 6) is -1.76. The highest BCUT2D eigenvalue weighted by molar-refractivity contribution is 5.99. The molecule has 8 heteroatoms. The minimum absolute atomic E-state index is 0.00833. The number of carboxylic acids is 1. The summed E-state index contributed by atoms with van der Waals surface area (Å²) in [7, 11) is 0. The van der Waals surface area contributed by atoms with Crippen molar-refractivity contribution < 1.29 is 19.1 Å². The summed E-state index contributed by atoms with van der Waals surface area (Å²) >= 11 is 0. The number of carboxylic acid groups (broad SMARTS) is 1. The van der Waals surface area contributed by atoms with Gasteiger partial charge in [0, 0.05) is 6.07 Å². The second kappa shape index (κ2) is 5.17. The Morgan fingerprint density at radius 2 is 2.00 bits per heavy atom. The Morgan fingerprint density at radius 1 is 1.26 bits per heavy atom. The van der Waals surface area contributed by atoms with Crippen molar-refractivity contribution in [2.45, 2.75) is 0 Å². The third-order valence-electron chi connectivity index (χ3n) is 2.17. The number of carbonyl (C=O) groups excluding carboxylic acids is 1. The fraction of sp³-hybridized carbons (Fsp3) is 0. The molecule has 0 fully saturated rings. The van der Waals surface area contributed by atoms with Gasteiger partial charge in [0.15, 0.2) is 5.82 Å². The van der Waals surface area contributed by atoms with E-state index in [4.69, 9.17) is 5.11 Å². The third kappa shape index (κ3) is 3.06. The molecule has 0 unspecified atom stereocenters. The Hall–Kier alpha value is -2.90. The standard InChI is InChI=1S/C11H9FN4O3/c12-6-3-1-2-4-7(6)13-11(19)14-9-5-8(10(17)18)15-16-9/h1-5H,(H,17,18)(H3,13,14,15,16,19). The molecule has 0 atom stereocenters. The Balaban J connectivity index is 2.01. The van der Waals surface area contributed by atoms with Gasteiger partial charge in [-0.25, -0.2) is 14.0 Å². The highest BCUT2D eigenvalue weighted by Crippen LogP contribution is 2.13. The van der Waals surface area contributed by atoms with Gasteiger partial charge in [0.25, 0.3) is 0 Å². The predicted octanol–water partition coefficient (Wildman–Crippen LogP) is 1.89. The van der Waals surface area contributed by atoms with Gasteiger partial charge in [-0.2, -0.15) is 5.10 Å². The van der Waals surface area contributed by atoms with Crippen LogP contribution in [0.25, 0.3) is 0 Å². The van der Waals surface area contributed by atoms with E-state index in [0.717, 1.165) is 6.07 Å². The van der Waals surface area contributed by atoms with Gasteiger partial charge < -0.3 is 10.4 Å². The van der Waals surface area contributed by atoms with Gasteiger partial charge in [0.05, 0.1) is 5.69 Å². The SMILES string of the molecule is O=C(Nc1cc(C(=O)O)[nH]n1)Nc1ccccc1F. The number of hydrogen-bond donors (Lipinski definition) is 4. The van der Waals surface area contributed by atoms with Crippen molar-refractivity contribution in [2.24, 2.45) is 0 Å². The van der Waals surface area contributed by atoms with Crippen molar-refractivity contribution in [3.63, 3.8) is 0 Å². The molecule has 2 amide bonds. The first kappa shape index (κ1) is 12.6. The molecular formula is C11H9FN4O3. The Bertz CT molecular complexity index is 626. The number of amides is 2. The highest BCUT2D eigenvalue weighted by atomic mass is 19.1. The van der Waals surface area contributed by atoms with Crippen LogP contribution >= 0.6 is 0 Å². The monoisotopic (exact) mass is 264 g/mol. The van der Waals surface area contributed by atoms with E-state index in [1.54, 1.807) is 6.07 Å². The number of anilines is 2. The number of carbonyl (C=O) groups is 2. The second-order valence-corrected chi connectivity index (χ2v) is 3.53. The number of urea groups is 1. The summed E-state index contributed by atoms with van der Waals surface area (Å²) < 4.78 is 13.3. The summed E-state index contributed by atoms with van der Waals surface area (Å²) in [6, 6.07) is 6.06. The minimum atomic E-state index is -1.20. The lowest BCUT2D eigenvalue weighted by Crippen LogP contribution is -2.20. The van der Waals surface area contributed by atoms with E-state index >= 15 is 0 Å². The van der Waals surface area contributed by atoms with Crippen molar-refractivity contribution in [3.05, 3.63) is 41.8 Å². The number of rotatable bonds is 3. The first-order valence-electron chi connectivity index (χ1n) is 5.17. The first-order chi connectivity index (χ1) is 9.06. The lowest BCUT2D eigenvalue weighted by Gasteiger charge is -2.05. The van der Waals surface area contributed by atoms with E-state index in [1.165, 1.54) is 18.2 Å². The van der Waals surface area contributed by atoms with E-state index in [-0.39, 0.29) is 17.2 Å². The predicted molar refractivity (Wildman–Crippen MR) is 64.6 cm³/mol. The van der Waals surface area contributed by atoms with E-state index < -0.39 is 17.8 Å². The molecule has 19 heavy (non-hydrogen) atoms. The maximum Gasteiger partial charge on any atom is 0.353 e. The van der Waals surface area contributed by atoms with Crippen LogP contribution in [0.1, 0.15) is 10.5 Å². The number of nitrogens with one attached hydrogen (secondary N) is 3. The molecule has 1 aromatic heterocycles. The molecule has 0 spiro atoms. The zero-order valence-corrected chi connectivity index (χ0v) is 9.48. The molecule has 1 heterocycles. The molecule has 4 N–H and O–H groups in total. The first-order valence-corrected chi connectivity index (χ1v) is 5.17. The van der Waals surface area contributed by atoms with E-state index in [9.17, 15) is 14.0 Å². The molecule has 2 aromatic rings. The average Bonchev–Trinajstić information content (AvgIpc) is 2.80. The smallest absolute Gasteiger partial charge is 0.353 e. The van der Waals surface area contributed by atoms with Crippen LogP contribution in [0, 0.1) is 5.82 Å². The number of halogens is 1. The Kier molecular flexibility index (Phi) is 3.42. The van der Waals surface area contributed by atoms with Crippen LogP contribution in [0.3, 0.4) is 0 Å². The lowest BCUT2D eigenvalue weighted by molar-refractivity contribution is 0.0690. The molecule has 0 aliphatic rings. The van der Waals surface area contributed by atoms with Gasteiger partial charge in [0.1, 0.15) is 11.5 Å². The van der Waals surface area contributed by atoms with Crippen LogP contribution in [0.2, 0.25) is 0 Å². The molecule has 98 valence electrons. The van der Waals surface area contributed by atoms with Gasteiger partial charge in [-0.15, -0.1) is 0 Å². The number of aromatic nitrogens is 2. The molecule has 0 bridgehead atoms. The van der Waals surface area contributed by atoms with E-state index in [1.807, 2.05) is 0 Å². The highest BCUT2D eigenvalue weighted by Gasteiger charge is 2.11. The number of aromatic carboxylic acids is 1. The number of nitrogens with zero attached hydrogens (tertiary/aromatic N) is 1. The van der Waals surface area contributed by atoms with E-state index in [2.05, 4.69) is 20.8 Å². The van der Waals surface area contributed by atoms with Crippen LogP contribution in [-0.4, -0.2) is 27.3 Å². The summed E-state index contributed by atoms with van der Waals surface area (Å²) in [6.45, 7) is 0. The average molecular weight is 264 g/mol. The molecule has 0 saturated heterocycles. The summed E-state index contributed by atoms with van der Waals surface area (Å²) in [5, 5.41) is 19.0. The van der Waals surface area contributed by atoms with Crippen molar-refractivity contribution >= 4 is 23.5 Å². The molecule has 0 saturated carbocycles. The molecule has 0 radical (unpaired) electrons. The van der Waals surface area contributed by atoms with Crippen LogP contribution in [-0.2, 0) is 0 Å². The molecule has 2 rings (SSSR count). The Labute approximate surface area is 106 Å². The van der Waals surface area contributed by atoms with Crippen molar-refractivity contribution in [1.29, 1.82) is 0 Å². The van der Waals surface area contributed by atoms with Gasteiger partial charge in [-0.3, -0.25) is 10.4 Å². The minimum Gasteiger partial charge on any atom is -0.477 e. The number of benzene rings is 1. The lowest BCUT2D eigenvalue weighted by atomic mass is 10.3. The van der Waals surface area contributed by atoms with Crippen molar-refractivity contribution in [1.82, 2.24) is 10.2 Å². The van der Waals surface area contributed by atoms with Crippen molar-refractivity contribution in [3.8, 4) is 0 Å². The van der Waals surface area contributed by atoms with E-state index in [0.29, 0.717) is 0 Å². The largest absolute Gasteiger partial charge is 0.477 e. The molecule has 0 aliphatic carbocycles. The van der Waals surface area contributed by atoms with Gasteiger partial charge in [-0.1, -0.05) is 12.1 Å². The number of aromatic amines is 1. The zero-order chi connectivity index (χ0) is 13.8. The molecule has 1 aromatic carbocycles. The van der Waals surface area contributed by atoms with Crippen LogP contribution < -0.4 is 10.6 Å². The Morgan fingerprint density at radius 3 is 2.63 bits per heavy atom. The maximum atomic E-state index is 13.3. The maximum absolute atomic E-state index is 13.3. The number of H-pyrrole nitrogens is 1. The molecule has 0 aliphatic heterocycles. The molecular weight excluding hydrogens is 255 g/mol. The second-order valence-electron chi connectivity index (χ2n) is 3.53. The quantitative estimate of drug-likeness (QED) is 0.679. The molecule has 7 nitrogen and oxygen atoms in total. The normalized spacial score (nSPS) is 9.95. The van der Waals surface area contributed by atoms with Gasteiger partial charge in [0.2, 0.25) is 0 Å². The van der Waals surface area contributed by atoms with Crippen molar-refractivity contribution in [2.75, 3.05) is 10.6 Å². The zero-order valence-electron chi connectivity index (χ0n) is 9.48. The fourth-order valence-corrected chi connectivity index (χ4v) is 1.33. The van der Waals surface area contributed by atoms with Crippen LogP contribution in [0.15, 0.2) is 30.3 Å². The van der Waals surface area contributed by atoms with Crippen LogP contribution in [0.4, 0.5) is 20.7 Å². The van der Waals surface area contributed by atoms with Gasteiger partial charge >= 0.3 is 12.0 Å². The summed E-state index contributed by atoms with van der Waals surface area (Å²) in [4.78, 5) is 22.1. The number of para-hydroxylation sites is 1. The third-order valence-corrected chi connectivity index (χ3v) is 2.17. The number of hydrogen-bond acceptors (Lipinski definition) is 3. The van der Waals surface area contributed by atoms with Crippen LogP contribution in [0.5, 0.6) is 0 Å². The fourth-order valence-electron chi connectivity index (χ4n) is 1.33. The topological polar surface area (TPSA) is 107 Å². The van der Waals surface area contributed by atoms with Gasteiger partial charge in [-0.05, 0) is 12.1 Å². The summed E-state index contributed by atoms with van der Waals surface area (Å²) in [5.41, 5.74) is -0.157. The summed E-state index contributed by atoms with van der Waals surface area (Å²) in [6.07, 6.45) is 0.